The van der Waals surface area contributed by atoms with Gasteiger partial charge in [0.1, 0.15) is 5.65 Å². The molecular formula is C16H17N3. The largest absolute Gasteiger partial charge is 0.346 e. The van der Waals surface area contributed by atoms with Crippen LogP contribution in [0.25, 0.3) is 11.0 Å². The lowest BCUT2D eigenvalue weighted by atomic mass is 10.00. The van der Waals surface area contributed by atoms with Crippen LogP contribution in [-0.4, -0.2) is 16.0 Å². The van der Waals surface area contributed by atoms with E-state index in [-0.39, 0.29) is 6.04 Å². The number of hydrogen-bond acceptors (Lipinski definition) is 2. The van der Waals surface area contributed by atoms with E-state index in [0.717, 1.165) is 18.5 Å². The van der Waals surface area contributed by atoms with Crippen molar-refractivity contribution >= 4 is 11.0 Å². The summed E-state index contributed by atoms with van der Waals surface area (Å²) in [4.78, 5) is 7.49. The zero-order valence-corrected chi connectivity index (χ0v) is 10.7. The number of rotatable bonds is 4. The Bertz CT molecular complexity index is 658. The lowest BCUT2D eigenvalue weighted by molar-refractivity contribution is 0.667. The van der Waals surface area contributed by atoms with Crippen molar-refractivity contribution in [2.75, 3.05) is 0 Å². The van der Waals surface area contributed by atoms with Gasteiger partial charge in [-0.2, -0.15) is 0 Å². The quantitative estimate of drug-likeness (QED) is 0.749. The van der Waals surface area contributed by atoms with Gasteiger partial charge in [-0.15, -0.1) is 0 Å². The topological polar surface area (TPSA) is 54.7 Å². The normalized spacial score (nSPS) is 12.7. The smallest absolute Gasteiger partial charge is 0.137 e. The van der Waals surface area contributed by atoms with E-state index < -0.39 is 0 Å². The molecule has 3 rings (SSSR count). The number of nitrogens with two attached hydrogens (primary N) is 1. The molecule has 3 nitrogen and oxygen atoms in total. The number of aromatic nitrogens is 2. The van der Waals surface area contributed by atoms with Gasteiger partial charge in [-0.25, -0.2) is 4.98 Å². The van der Waals surface area contributed by atoms with Crippen LogP contribution in [0.2, 0.25) is 0 Å². The van der Waals surface area contributed by atoms with Crippen LogP contribution in [0.1, 0.15) is 11.1 Å². The number of H-pyrrole nitrogens is 1. The molecule has 19 heavy (non-hydrogen) atoms. The first-order chi connectivity index (χ1) is 9.33. The van der Waals surface area contributed by atoms with E-state index in [4.69, 9.17) is 5.73 Å². The number of aromatic amines is 1. The molecule has 0 aliphatic rings. The molecule has 0 saturated carbocycles. The van der Waals surface area contributed by atoms with Gasteiger partial charge in [-0.05, 0) is 36.1 Å². The zero-order chi connectivity index (χ0) is 13.1. The highest BCUT2D eigenvalue weighted by atomic mass is 14.8. The summed E-state index contributed by atoms with van der Waals surface area (Å²) in [7, 11) is 0. The van der Waals surface area contributed by atoms with Crippen molar-refractivity contribution in [1.82, 2.24) is 9.97 Å². The van der Waals surface area contributed by atoms with Gasteiger partial charge in [0, 0.05) is 23.8 Å². The fraction of sp³-hybridized carbons (Fsp3) is 0.188. The van der Waals surface area contributed by atoms with Crippen LogP contribution in [0, 0.1) is 0 Å². The Morgan fingerprint density at radius 3 is 2.74 bits per heavy atom. The Morgan fingerprint density at radius 1 is 1.05 bits per heavy atom. The van der Waals surface area contributed by atoms with E-state index in [1.165, 1.54) is 16.5 Å². The van der Waals surface area contributed by atoms with Crippen LogP contribution in [0.5, 0.6) is 0 Å². The molecule has 96 valence electrons. The molecule has 1 atom stereocenters. The SMILES string of the molecule is NC(Cc1ccccc1)Cc1c[nH]c2ncccc12. The summed E-state index contributed by atoms with van der Waals surface area (Å²) < 4.78 is 0. The highest BCUT2D eigenvalue weighted by molar-refractivity contribution is 5.79. The summed E-state index contributed by atoms with van der Waals surface area (Å²) in [5.74, 6) is 0. The number of benzene rings is 1. The predicted octanol–water partition coefficient (Wildman–Crippen LogP) is 2.68. The maximum absolute atomic E-state index is 6.25. The second-order valence-corrected chi connectivity index (χ2v) is 4.87. The van der Waals surface area contributed by atoms with Crippen molar-refractivity contribution in [1.29, 1.82) is 0 Å². The molecular weight excluding hydrogens is 234 g/mol. The van der Waals surface area contributed by atoms with Crippen LogP contribution >= 0.6 is 0 Å². The summed E-state index contributed by atoms with van der Waals surface area (Å²) in [6, 6.07) is 14.6. The second-order valence-electron chi connectivity index (χ2n) is 4.87. The van der Waals surface area contributed by atoms with E-state index in [2.05, 4.69) is 40.3 Å². The molecule has 2 aromatic heterocycles. The lowest BCUT2D eigenvalue weighted by Crippen LogP contribution is -2.25. The summed E-state index contributed by atoms with van der Waals surface area (Å²) in [6.07, 6.45) is 5.57. The fourth-order valence-electron chi connectivity index (χ4n) is 2.45. The van der Waals surface area contributed by atoms with Gasteiger partial charge >= 0.3 is 0 Å². The third kappa shape index (κ3) is 2.66. The van der Waals surface area contributed by atoms with Gasteiger partial charge in [0.2, 0.25) is 0 Å². The predicted molar refractivity (Wildman–Crippen MR) is 77.9 cm³/mol. The monoisotopic (exact) mass is 251 g/mol. The number of hydrogen-bond donors (Lipinski definition) is 2. The Kier molecular flexibility index (Phi) is 3.29. The summed E-state index contributed by atoms with van der Waals surface area (Å²) >= 11 is 0. The molecule has 0 saturated heterocycles. The van der Waals surface area contributed by atoms with Crippen LogP contribution in [-0.2, 0) is 12.8 Å². The van der Waals surface area contributed by atoms with E-state index in [1.807, 2.05) is 18.3 Å². The molecule has 3 N–H and O–H groups in total. The maximum Gasteiger partial charge on any atom is 0.137 e. The van der Waals surface area contributed by atoms with Gasteiger partial charge in [0.05, 0.1) is 0 Å². The van der Waals surface area contributed by atoms with E-state index >= 15 is 0 Å². The van der Waals surface area contributed by atoms with Crippen molar-refractivity contribution in [3.63, 3.8) is 0 Å². The van der Waals surface area contributed by atoms with Gasteiger partial charge in [0.25, 0.3) is 0 Å². The minimum Gasteiger partial charge on any atom is -0.346 e. The average Bonchev–Trinajstić information content (AvgIpc) is 2.83. The molecule has 0 spiro atoms. The standard InChI is InChI=1S/C16H17N3/c17-14(9-12-5-2-1-3-6-12)10-13-11-19-16-15(13)7-4-8-18-16/h1-8,11,14H,9-10,17H2,(H,18,19). The molecule has 0 radical (unpaired) electrons. The third-order valence-electron chi connectivity index (χ3n) is 3.36. The molecule has 2 heterocycles. The minimum absolute atomic E-state index is 0.126. The number of pyridine rings is 1. The molecule has 0 bridgehead atoms. The third-order valence-corrected chi connectivity index (χ3v) is 3.36. The minimum atomic E-state index is 0.126. The van der Waals surface area contributed by atoms with Gasteiger partial charge in [-0.1, -0.05) is 30.3 Å². The van der Waals surface area contributed by atoms with E-state index in [9.17, 15) is 0 Å². The van der Waals surface area contributed by atoms with Crippen LogP contribution in [0.4, 0.5) is 0 Å². The summed E-state index contributed by atoms with van der Waals surface area (Å²) in [6.45, 7) is 0. The molecule has 1 unspecified atom stereocenters. The Balaban J connectivity index is 1.74. The molecule has 1 aromatic carbocycles. The summed E-state index contributed by atoms with van der Waals surface area (Å²) in [5, 5.41) is 1.17. The molecule has 0 amide bonds. The first kappa shape index (κ1) is 11.9. The maximum atomic E-state index is 6.25. The molecule has 3 aromatic rings. The summed E-state index contributed by atoms with van der Waals surface area (Å²) in [5.41, 5.74) is 9.72. The Labute approximate surface area is 112 Å². The van der Waals surface area contributed by atoms with Crippen molar-refractivity contribution in [3.8, 4) is 0 Å². The van der Waals surface area contributed by atoms with Gasteiger partial charge in [-0.3, -0.25) is 0 Å². The Morgan fingerprint density at radius 2 is 1.89 bits per heavy atom. The van der Waals surface area contributed by atoms with Gasteiger partial charge < -0.3 is 10.7 Å². The molecule has 0 aliphatic carbocycles. The number of nitrogens with zero attached hydrogens (tertiary/aromatic N) is 1. The molecule has 3 heteroatoms. The second kappa shape index (κ2) is 5.24. The van der Waals surface area contributed by atoms with E-state index in [0.29, 0.717) is 0 Å². The van der Waals surface area contributed by atoms with Crippen molar-refractivity contribution < 1.29 is 0 Å². The van der Waals surface area contributed by atoms with Crippen LogP contribution < -0.4 is 5.73 Å². The molecule has 0 fully saturated rings. The van der Waals surface area contributed by atoms with Crippen LogP contribution in [0.15, 0.2) is 54.9 Å². The number of fused-ring (bicyclic) bond motifs is 1. The van der Waals surface area contributed by atoms with Gasteiger partial charge in [0.15, 0.2) is 0 Å². The average molecular weight is 251 g/mol. The van der Waals surface area contributed by atoms with Crippen molar-refractivity contribution in [2.45, 2.75) is 18.9 Å². The fourth-order valence-corrected chi connectivity index (χ4v) is 2.45. The molecule has 0 aliphatic heterocycles. The highest BCUT2D eigenvalue weighted by Crippen LogP contribution is 2.17. The highest BCUT2D eigenvalue weighted by Gasteiger charge is 2.09. The Hall–Kier alpha value is -2.13. The van der Waals surface area contributed by atoms with Crippen molar-refractivity contribution in [2.24, 2.45) is 5.73 Å². The lowest BCUT2D eigenvalue weighted by Gasteiger charge is -2.11. The van der Waals surface area contributed by atoms with Crippen molar-refractivity contribution in [3.05, 3.63) is 66.0 Å². The first-order valence-corrected chi connectivity index (χ1v) is 6.53. The number of nitrogens with one attached hydrogen (secondary N) is 1. The first-order valence-electron chi connectivity index (χ1n) is 6.53. The van der Waals surface area contributed by atoms with E-state index in [1.54, 1.807) is 6.20 Å². The van der Waals surface area contributed by atoms with Crippen LogP contribution in [0.3, 0.4) is 0 Å². The zero-order valence-electron chi connectivity index (χ0n) is 10.7.